The van der Waals surface area contributed by atoms with Crippen LogP contribution >= 0.6 is 11.6 Å². The number of halogens is 1. The first-order valence-electron chi connectivity index (χ1n) is 15.4. The molecule has 1 fully saturated rings. The highest BCUT2D eigenvalue weighted by Gasteiger charge is 2.32. The summed E-state index contributed by atoms with van der Waals surface area (Å²) in [6, 6.07) is 12.9. The van der Waals surface area contributed by atoms with Gasteiger partial charge in [0.2, 0.25) is 5.95 Å². The molecule has 242 valence electrons. The molecule has 0 radical (unpaired) electrons. The largest absolute Gasteiger partial charge is 0.335 e. The Bertz CT molecular complexity index is 1570. The molecule has 1 saturated heterocycles. The molecule has 1 unspecified atom stereocenters. The van der Waals surface area contributed by atoms with E-state index in [1.165, 1.54) is 0 Å². The van der Waals surface area contributed by atoms with Crippen molar-refractivity contribution in [1.29, 1.82) is 0 Å². The number of fused-ring (bicyclic) bond motifs is 1. The average Bonchev–Trinajstić information content (AvgIpc) is 3.34. The minimum absolute atomic E-state index is 0.109. The van der Waals surface area contributed by atoms with Crippen molar-refractivity contribution < 1.29 is 9.59 Å². The number of carbonyl (C=O) groups is 2. The molecule has 10 nitrogen and oxygen atoms in total. The number of imidazole rings is 1. The van der Waals surface area contributed by atoms with Gasteiger partial charge in [-0.25, -0.2) is 4.98 Å². The highest BCUT2D eigenvalue weighted by atomic mass is 35.5. The monoisotopic (exact) mass is 635 g/mol. The third-order valence-corrected chi connectivity index (χ3v) is 9.26. The number of likely N-dealkylation sites (tertiary alicyclic amines) is 1. The zero-order chi connectivity index (χ0) is 33.1. The zero-order valence-corrected chi connectivity index (χ0v) is 28.4. The van der Waals surface area contributed by atoms with E-state index in [0.717, 1.165) is 29.4 Å². The maximum absolute atomic E-state index is 13.6. The summed E-state index contributed by atoms with van der Waals surface area (Å²) in [5, 5.41) is 10.3. The Labute approximate surface area is 271 Å². The Morgan fingerprint density at radius 2 is 1.82 bits per heavy atom. The molecule has 2 heterocycles. The van der Waals surface area contributed by atoms with Gasteiger partial charge in [-0.05, 0) is 106 Å². The molecule has 0 saturated carbocycles. The molecule has 2 aromatic carbocycles. The van der Waals surface area contributed by atoms with Crippen LogP contribution < -0.4 is 10.6 Å². The fourth-order valence-electron chi connectivity index (χ4n) is 5.17. The zero-order valence-electron chi connectivity index (χ0n) is 27.6. The van der Waals surface area contributed by atoms with Crippen molar-refractivity contribution >= 4 is 40.4 Å². The SMILES string of the molecule is C[C@H](NCc1ccc2c(c1)nc(NC(=O)c1ccc(Cl)cc1)n2C1CCCN(C(=O)/C(=C/C(C)(C)N(C)C)N=O)C1)C(C)(C)C. The first-order chi connectivity index (χ1) is 21.1. The van der Waals surface area contributed by atoms with Crippen LogP contribution in [-0.4, -0.2) is 69.9 Å². The molecule has 1 aliphatic heterocycles. The van der Waals surface area contributed by atoms with E-state index in [4.69, 9.17) is 16.6 Å². The summed E-state index contributed by atoms with van der Waals surface area (Å²) < 4.78 is 2.01. The number of nitrogens with zero attached hydrogens (tertiary/aromatic N) is 5. The van der Waals surface area contributed by atoms with Gasteiger partial charge in [-0.2, -0.15) is 0 Å². The van der Waals surface area contributed by atoms with Crippen molar-refractivity contribution in [2.24, 2.45) is 10.6 Å². The van der Waals surface area contributed by atoms with Crippen LogP contribution in [0.15, 0.2) is 59.4 Å². The van der Waals surface area contributed by atoms with Crippen LogP contribution in [0.3, 0.4) is 0 Å². The molecule has 0 bridgehead atoms. The van der Waals surface area contributed by atoms with Gasteiger partial charge in [0.1, 0.15) is 0 Å². The standard InChI is InChI=1S/C34H46ClN7O3/c1-22(33(2,3)4)36-20-23-11-16-29-27(18-23)37-32(38-30(43)24-12-14-25(35)15-13-24)42(29)26-10-9-17-41(21-26)31(44)28(39-45)19-34(5,6)40(7)8/h11-16,18-19,22,26,36H,9-10,17,20-21H2,1-8H3,(H,37,38,43)/b28-19-/t22-,26?/m0/s1. The molecule has 2 amide bonds. The highest BCUT2D eigenvalue weighted by Crippen LogP contribution is 2.32. The quantitative estimate of drug-likeness (QED) is 0.191. The van der Waals surface area contributed by atoms with Gasteiger partial charge in [0, 0.05) is 41.8 Å². The van der Waals surface area contributed by atoms with Gasteiger partial charge in [-0.1, -0.05) is 38.4 Å². The fraction of sp³-hybridized carbons (Fsp3) is 0.500. The summed E-state index contributed by atoms with van der Waals surface area (Å²) in [6.45, 7) is 14.2. The normalized spacial score (nSPS) is 17.1. The van der Waals surface area contributed by atoms with E-state index in [9.17, 15) is 14.5 Å². The number of anilines is 1. The predicted octanol–water partition coefficient (Wildman–Crippen LogP) is 6.62. The van der Waals surface area contributed by atoms with Gasteiger partial charge in [0.05, 0.1) is 17.1 Å². The molecule has 2 N–H and O–H groups in total. The van der Waals surface area contributed by atoms with Crippen LogP contribution in [0.2, 0.25) is 5.02 Å². The Morgan fingerprint density at radius 1 is 1.13 bits per heavy atom. The topological polar surface area (TPSA) is 112 Å². The van der Waals surface area contributed by atoms with Crippen LogP contribution in [0.25, 0.3) is 11.0 Å². The number of piperidine rings is 1. The first-order valence-corrected chi connectivity index (χ1v) is 15.8. The average molecular weight is 636 g/mol. The number of aromatic nitrogens is 2. The summed E-state index contributed by atoms with van der Waals surface area (Å²) in [5.74, 6) is -0.313. The lowest BCUT2D eigenvalue weighted by molar-refractivity contribution is -0.128. The van der Waals surface area contributed by atoms with Crippen molar-refractivity contribution in [3.63, 3.8) is 0 Å². The number of likely N-dealkylation sites (N-methyl/N-ethyl adjacent to an activating group) is 1. The fourth-order valence-corrected chi connectivity index (χ4v) is 5.29. The summed E-state index contributed by atoms with van der Waals surface area (Å²) in [7, 11) is 3.77. The lowest BCUT2D eigenvalue weighted by atomic mass is 9.88. The second kappa shape index (κ2) is 13.8. The van der Waals surface area contributed by atoms with E-state index in [1.807, 2.05) is 49.5 Å². The third kappa shape index (κ3) is 8.17. The number of rotatable bonds is 10. The number of hydrogen-bond acceptors (Lipinski definition) is 7. The number of nitroso groups, excluding NO2 is 1. The van der Waals surface area contributed by atoms with Crippen molar-refractivity contribution in [3.8, 4) is 0 Å². The van der Waals surface area contributed by atoms with Crippen molar-refractivity contribution in [2.75, 3.05) is 32.5 Å². The van der Waals surface area contributed by atoms with Crippen LogP contribution in [0.1, 0.15) is 76.3 Å². The Morgan fingerprint density at radius 3 is 2.44 bits per heavy atom. The van der Waals surface area contributed by atoms with Crippen molar-refractivity contribution in [3.05, 3.63) is 75.3 Å². The molecular weight excluding hydrogens is 590 g/mol. The smallest absolute Gasteiger partial charge is 0.275 e. The van der Waals surface area contributed by atoms with Crippen LogP contribution in [-0.2, 0) is 11.3 Å². The Kier molecular flexibility index (Phi) is 10.5. The number of nitrogens with one attached hydrogen (secondary N) is 2. The lowest BCUT2D eigenvalue weighted by Crippen LogP contribution is -2.42. The van der Waals surface area contributed by atoms with Gasteiger partial charge in [-0.3, -0.25) is 14.9 Å². The molecule has 45 heavy (non-hydrogen) atoms. The molecule has 0 aliphatic carbocycles. The minimum Gasteiger partial charge on any atom is -0.335 e. The molecule has 3 aromatic rings. The maximum Gasteiger partial charge on any atom is 0.275 e. The van der Waals surface area contributed by atoms with E-state index in [-0.39, 0.29) is 23.1 Å². The number of amides is 2. The van der Waals surface area contributed by atoms with E-state index >= 15 is 0 Å². The summed E-state index contributed by atoms with van der Waals surface area (Å²) in [6.07, 6.45) is 3.10. The van der Waals surface area contributed by atoms with E-state index in [0.29, 0.717) is 42.2 Å². The maximum atomic E-state index is 13.6. The van der Waals surface area contributed by atoms with Gasteiger partial charge < -0.3 is 19.7 Å². The van der Waals surface area contributed by atoms with Crippen molar-refractivity contribution in [1.82, 2.24) is 24.7 Å². The predicted molar refractivity (Wildman–Crippen MR) is 181 cm³/mol. The molecule has 11 heteroatoms. The van der Waals surface area contributed by atoms with E-state index < -0.39 is 11.4 Å². The molecule has 2 atom stereocenters. The van der Waals surface area contributed by atoms with Crippen LogP contribution in [0.5, 0.6) is 0 Å². The number of hydrogen-bond donors (Lipinski definition) is 2. The van der Waals surface area contributed by atoms with Crippen LogP contribution in [0, 0.1) is 10.3 Å². The van der Waals surface area contributed by atoms with Gasteiger partial charge in [0.15, 0.2) is 5.70 Å². The summed E-state index contributed by atoms with van der Waals surface area (Å²) in [4.78, 5) is 47.2. The Balaban J connectivity index is 1.68. The van der Waals surface area contributed by atoms with E-state index in [1.54, 1.807) is 35.2 Å². The van der Waals surface area contributed by atoms with Gasteiger partial charge in [0.25, 0.3) is 11.8 Å². The second-order valence-electron chi connectivity index (χ2n) is 13.8. The molecule has 4 rings (SSSR count). The van der Waals surface area contributed by atoms with E-state index in [2.05, 4.69) is 49.6 Å². The first kappa shape index (κ1) is 34.3. The molecule has 0 spiro atoms. The van der Waals surface area contributed by atoms with Crippen molar-refractivity contribution in [2.45, 2.75) is 78.6 Å². The highest BCUT2D eigenvalue weighted by molar-refractivity contribution is 6.30. The molecule has 1 aromatic heterocycles. The van der Waals surface area contributed by atoms with Gasteiger partial charge in [-0.15, -0.1) is 4.91 Å². The van der Waals surface area contributed by atoms with Gasteiger partial charge >= 0.3 is 0 Å². The van der Waals surface area contributed by atoms with Crippen LogP contribution in [0.4, 0.5) is 5.95 Å². The second-order valence-corrected chi connectivity index (χ2v) is 14.2. The molecule has 1 aliphatic rings. The summed E-state index contributed by atoms with van der Waals surface area (Å²) >= 11 is 6.05. The Hall–Kier alpha value is -3.60. The lowest BCUT2D eigenvalue weighted by Gasteiger charge is -2.35. The number of benzene rings is 2. The third-order valence-electron chi connectivity index (χ3n) is 9.01. The summed E-state index contributed by atoms with van der Waals surface area (Å²) in [5.41, 5.74) is 2.60. The number of carbonyl (C=O) groups excluding carboxylic acids is 2. The molecular formula is C34H46ClN7O3. The minimum atomic E-state index is -0.537.